The maximum absolute atomic E-state index is 11.5. The molecule has 28 heavy (non-hydrogen) atoms. The lowest BCUT2D eigenvalue weighted by atomic mass is 10.8. The molecule has 0 aliphatic rings. The van der Waals surface area contributed by atoms with Crippen LogP contribution in [-0.2, 0) is 19.3 Å². The molecule has 0 unspecified atom stereocenters. The lowest BCUT2D eigenvalue weighted by Crippen LogP contribution is -2.07. The lowest BCUT2D eigenvalue weighted by molar-refractivity contribution is -0.274. The smallest absolute Gasteiger partial charge is 0.316 e. The lowest BCUT2D eigenvalue weighted by Gasteiger charge is -2.05. The zero-order valence-electron chi connectivity index (χ0n) is 16.0. The summed E-state index contributed by atoms with van der Waals surface area (Å²) in [6, 6.07) is 0. The summed E-state index contributed by atoms with van der Waals surface area (Å²) in [5.41, 5.74) is 0. The fourth-order valence-electron chi connectivity index (χ4n) is 1.19. The first-order chi connectivity index (χ1) is 13.8. The number of esters is 1. The Hall–Kier alpha value is 2.15. The molecule has 0 saturated heterocycles. The van der Waals surface area contributed by atoms with Gasteiger partial charge in [-0.3, -0.25) is 4.79 Å². The summed E-state index contributed by atoms with van der Waals surface area (Å²) in [6.45, 7) is 2.96. The van der Waals surface area contributed by atoms with Crippen LogP contribution in [0.2, 0.25) is 0 Å². The summed E-state index contributed by atoms with van der Waals surface area (Å²) in [4.78, 5) is 21.7. The minimum absolute atomic E-state index is 0.154. The van der Waals surface area contributed by atoms with E-state index in [0.29, 0.717) is 24.2 Å². The van der Waals surface area contributed by atoms with E-state index in [1.54, 1.807) is 47.0 Å². The molecule has 0 aliphatic heterocycles. The summed E-state index contributed by atoms with van der Waals surface area (Å²) in [7, 11) is 0. The Balaban J connectivity index is 3.10. The Morgan fingerprint density at radius 3 is 2.18 bits per heavy atom. The van der Waals surface area contributed by atoms with Crippen LogP contribution in [0.5, 0.6) is 0 Å². The zero-order valence-corrected chi connectivity index (χ0v) is 22.6. The van der Waals surface area contributed by atoms with Crippen LogP contribution in [0.25, 0.3) is 0 Å². The van der Waals surface area contributed by atoms with E-state index in [2.05, 4.69) is 6.92 Å². The first-order valence-corrected chi connectivity index (χ1v) is 17.7. The van der Waals surface area contributed by atoms with Gasteiger partial charge in [0.2, 0.25) is 0 Å². The third kappa shape index (κ3) is 26.2. The largest absolute Gasteiger partial charge is 0.454 e. The molecular formula is C15H30O5S8. The Morgan fingerprint density at radius 1 is 0.750 bits per heavy atom. The molecular weight excluding hydrogens is 517 g/mol. The van der Waals surface area contributed by atoms with Crippen LogP contribution in [-0.4, -0.2) is 84.6 Å². The predicted octanol–water partition coefficient (Wildman–Crippen LogP) is 5.06. The molecule has 0 aliphatic carbocycles. The van der Waals surface area contributed by atoms with Crippen LogP contribution in [0.4, 0.5) is 0 Å². The average molecular weight is 547 g/mol. The molecule has 1 N–H and O–H groups in total. The van der Waals surface area contributed by atoms with E-state index < -0.39 is 0 Å². The van der Waals surface area contributed by atoms with Gasteiger partial charge in [-0.2, -0.15) is 11.8 Å². The molecule has 0 saturated carbocycles. The highest BCUT2D eigenvalue weighted by molar-refractivity contribution is 8.26. The van der Waals surface area contributed by atoms with Crippen LogP contribution in [0.3, 0.4) is 0 Å². The highest BCUT2D eigenvalue weighted by atomic mass is 32.2. The second-order valence-corrected chi connectivity index (χ2v) is 14.6. The fourth-order valence-corrected chi connectivity index (χ4v) is 8.72. The number of hydrogen-bond donors (Lipinski definition) is 1. The first kappa shape index (κ1) is 30.1. The number of rotatable bonds is 23. The van der Waals surface area contributed by atoms with Crippen molar-refractivity contribution in [3.63, 3.8) is 0 Å². The molecule has 5 nitrogen and oxygen atoms in total. The Morgan fingerprint density at radius 2 is 1.39 bits per heavy atom. The number of aliphatic hydroxyl groups is 1. The third-order valence-corrected chi connectivity index (χ3v) is 11.3. The predicted molar refractivity (Wildman–Crippen MR) is 140 cm³/mol. The monoisotopic (exact) mass is 546 g/mol. The minimum Gasteiger partial charge on any atom is -0.454 e. The summed E-state index contributed by atoms with van der Waals surface area (Å²) in [5.74, 6) is 4.04. The molecule has 0 radical (unpaired) electrons. The van der Waals surface area contributed by atoms with Crippen LogP contribution in [0, 0.1) is 0 Å². The molecule has 0 bridgehead atoms. The van der Waals surface area contributed by atoms with Crippen molar-refractivity contribution < 1.29 is 24.4 Å². The van der Waals surface area contributed by atoms with E-state index in [1.807, 2.05) is 47.0 Å². The minimum atomic E-state index is -0.154. The van der Waals surface area contributed by atoms with Crippen molar-refractivity contribution in [3.8, 4) is 0 Å². The van der Waals surface area contributed by atoms with Gasteiger partial charge in [-0.1, -0.05) is 6.92 Å². The van der Waals surface area contributed by atoms with E-state index in [-0.39, 0.29) is 12.6 Å². The van der Waals surface area contributed by atoms with Crippen molar-refractivity contribution in [3.05, 3.63) is 0 Å². The topological polar surface area (TPSA) is 65.0 Å². The van der Waals surface area contributed by atoms with Crippen LogP contribution in [0.15, 0.2) is 0 Å². The van der Waals surface area contributed by atoms with E-state index in [9.17, 15) is 4.79 Å². The van der Waals surface area contributed by atoms with Crippen LogP contribution < -0.4 is 0 Å². The second kappa shape index (κ2) is 27.2. The third-order valence-electron chi connectivity index (χ3n) is 2.32. The summed E-state index contributed by atoms with van der Waals surface area (Å²) >= 11 is 14.0. The SMILES string of the molecule is CCSCSCOOCCSCSCSCSCC(=O)OCSCSCCO. The molecule has 0 spiro atoms. The first-order valence-electron chi connectivity index (χ1n) is 8.44. The van der Waals surface area contributed by atoms with Gasteiger partial charge in [-0.25, -0.2) is 9.78 Å². The zero-order chi connectivity index (χ0) is 20.5. The summed E-state index contributed by atoms with van der Waals surface area (Å²) in [5, 5.41) is 13.5. The van der Waals surface area contributed by atoms with E-state index in [4.69, 9.17) is 19.6 Å². The van der Waals surface area contributed by atoms with Crippen LogP contribution >= 0.6 is 94.1 Å². The molecule has 168 valence electrons. The maximum Gasteiger partial charge on any atom is 0.316 e. The highest BCUT2D eigenvalue weighted by Crippen LogP contribution is 2.21. The second-order valence-electron chi connectivity index (χ2n) is 4.48. The Kier molecular flexibility index (Phi) is 29.3. The van der Waals surface area contributed by atoms with Gasteiger partial charge >= 0.3 is 5.97 Å². The molecule has 13 heteroatoms. The van der Waals surface area contributed by atoms with Gasteiger partial charge in [0.15, 0.2) is 0 Å². The van der Waals surface area contributed by atoms with E-state index in [0.717, 1.165) is 42.7 Å². The molecule has 0 aromatic carbocycles. The number of aliphatic hydroxyl groups excluding tert-OH is 1. The van der Waals surface area contributed by atoms with E-state index in [1.165, 1.54) is 0 Å². The standard InChI is InChI=1S/C15H30O5S8/c1-2-21-10-26-9-20-19-4-6-23-12-27-14-28-13-24-7-15(17)18-8-25-11-22-5-3-16/h16H,2-14H2,1H3. The van der Waals surface area contributed by atoms with Gasteiger partial charge < -0.3 is 9.84 Å². The summed E-state index contributed by atoms with van der Waals surface area (Å²) in [6.07, 6.45) is 0. The molecule has 0 fully saturated rings. The molecule has 0 atom stereocenters. The molecule has 0 aromatic rings. The summed E-state index contributed by atoms with van der Waals surface area (Å²) < 4.78 is 5.13. The van der Waals surface area contributed by atoms with Crippen molar-refractivity contribution in [2.24, 2.45) is 0 Å². The molecule has 0 heterocycles. The van der Waals surface area contributed by atoms with Gasteiger partial charge in [-0.05, 0) is 5.75 Å². The number of carbonyl (C=O) groups excluding carboxylic acids is 1. The van der Waals surface area contributed by atoms with Crippen molar-refractivity contribution >= 4 is 100 Å². The Bertz CT molecular complexity index is 331. The average Bonchev–Trinajstić information content (AvgIpc) is 2.70. The fraction of sp³-hybridized carbons (Fsp3) is 0.933. The molecule has 0 rings (SSSR count). The number of carbonyl (C=O) groups is 1. The number of hydrogen-bond acceptors (Lipinski definition) is 13. The maximum atomic E-state index is 11.5. The molecule has 0 amide bonds. The van der Waals surface area contributed by atoms with Crippen molar-refractivity contribution in [2.75, 3.05) is 73.5 Å². The van der Waals surface area contributed by atoms with Gasteiger partial charge in [0.1, 0.15) is 11.9 Å². The Labute approximate surface area is 203 Å². The van der Waals surface area contributed by atoms with Crippen molar-refractivity contribution in [1.82, 2.24) is 0 Å². The number of ether oxygens (including phenoxy) is 1. The van der Waals surface area contributed by atoms with Crippen LogP contribution in [0.1, 0.15) is 6.92 Å². The highest BCUT2D eigenvalue weighted by Gasteiger charge is 2.03. The quantitative estimate of drug-likeness (QED) is 0.0611. The van der Waals surface area contributed by atoms with Gasteiger partial charge in [-0.15, -0.1) is 82.3 Å². The van der Waals surface area contributed by atoms with Gasteiger partial charge in [0, 0.05) is 36.9 Å². The van der Waals surface area contributed by atoms with Gasteiger partial charge in [0.05, 0.1) is 19.0 Å². The number of thioether (sulfide) groups is 8. The van der Waals surface area contributed by atoms with Gasteiger partial charge in [0.25, 0.3) is 0 Å². The van der Waals surface area contributed by atoms with E-state index >= 15 is 0 Å². The van der Waals surface area contributed by atoms with Crippen molar-refractivity contribution in [1.29, 1.82) is 0 Å². The van der Waals surface area contributed by atoms with Crippen molar-refractivity contribution in [2.45, 2.75) is 6.92 Å². The normalized spacial score (nSPS) is 11.1. The molecule has 0 aromatic heterocycles.